The van der Waals surface area contributed by atoms with Crippen molar-refractivity contribution in [3.8, 4) is 6.07 Å². The van der Waals surface area contributed by atoms with Gasteiger partial charge in [-0.15, -0.1) is 0 Å². The summed E-state index contributed by atoms with van der Waals surface area (Å²) in [6.07, 6.45) is 3.37. The molecule has 98 valence electrons. The van der Waals surface area contributed by atoms with Gasteiger partial charge < -0.3 is 9.73 Å². The Morgan fingerprint density at radius 3 is 2.79 bits per heavy atom. The van der Waals surface area contributed by atoms with E-state index in [0.717, 1.165) is 5.76 Å². The number of hydrogen-bond acceptors (Lipinski definition) is 5. The zero-order valence-corrected chi connectivity index (χ0v) is 11.3. The third-order valence-corrected chi connectivity index (χ3v) is 2.63. The third kappa shape index (κ3) is 3.10. The highest BCUT2D eigenvalue weighted by Gasteiger charge is 2.19. The number of hydrogen-bond donors (Lipinski definition) is 1. The van der Waals surface area contributed by atoms with Gasteiger partial charge in [-0.2, -0.15) is 5.26 Å². The van der Waals surface area contributed by atoms with E-state index in [0.29, 0.717) is 23.8 Å². The highest BCUT2D eigenvalue weighted by molar-refractivity contribution is 5.51. The van der Waals surface area contributed by atoms with E-state index in [4.69, 9.17) is 9.68 Å². The molecule has 0 saturated heterocycles. The summed E-state index contributed by atoms with van der Waals surface area (Å²) in [6, 6.07) is 5.53. The number of nitrogens with zero attached hydrogens (tertiary/aromatic N) is 3. The molecule has 0 aliphatic heterocycles. The minimum Gasteiger partial charge on any atom is -0.443 e. The van der Waals surface area contributed by atoms with Gasteiger partial charge in [-0.25, -0.2) is 9.97 Å². The number of nitriles is 1. The lowest BCUT2D eigenvalue weighted by Gasteiger charge is -2.13. The fourth-order valence-electron chi connectivity index (χ4n) is 1.53. The van der Waals surface area contributed by atoms with E-state index >= 15 is 0 Å². The van der Waals surface area contributed by atoms with E-state index in [2.05, 4.69) is 42.1 Å². The second-order valence-corrected chi connectivity index (χ2v) is 5.23. The summed E-state index contributed by atoms with van der Waals surface area (Å²) in [5.41, 5.74) is 0.443. The van der Waals surface area contributed by atoms with Crippen molar-refractivity contribution in [2.45, 2.75) is 32.7 Å². The Hall–Kier alpha value is -2.35. The summed E-state index contributed by atoms with van der Waals surface area (Å²) in [4.78, 5) is 8.33. The smallest absolute Gasteiger partial charge is 0.213 e. The van der Waals surface area contributed by atoms with Crippen molar-refractivity contribution in [2.75, 3.05) is 5.32 Å². The van der Waals surface area contributed by atoms with Gasteiger partial charge in [0.2, 0.25) is 5.89 Å². The Morgan fingerprint density at radius 1 is 1.37 bits per heavy atom. The average molecular weight is 256 g/mol. The summed E-state index contributed by atoms with van der Waals surface area (Å²) in [7, 11) is 0. The molecule has 0 fully saturated rings. The van der Waals surface area contributed by atoms with E-state index < -0.39 is 0 Å². The maximum atomic E-state index is 8.96. The molecule has 0 atom stereocenters. The Morgan fingerprint density at radius 2 is 2.16 bits per heavy atom. The number of rotatable bonds is 3. The average Bonchev–Trinajstić information content (AvgIpc) is 2.85. The normalized spacial score (nSPS) is 11.1. The Kier molecular flexibility index (Phi) is 3.52. The molecule has 0 saturated carbocycles. The monoisotopic (exact) mass is 256 g/mol. The van der Waals surface area contributed by atoms with Crippen molar-refractivity contribution >= 4 is 5.82 Å². The van der Waals surface area contributed by atoms with Crippen molar-refractivity contribution in [1.29, 1.82) is 5.26 Å². The number of pyridine rings is 1. The number of anilines is 1. The molecule has 0 radical (unpaired) electrons. The van der Waals surface area contributed by atoms with Gasteiger partial charge in [-0.05, 0) is 12.1 Å². The highest BCUT2D eigenvalue weighted by Crippen LogP contribution is 2.23. The lowest BCUT2D eigenvalue weighted by Crippen LogP contribution is -2.09. The number of nitrogens with one attached hydrogen (secondary N) is 1. The lowest BCUT2D eigenvalue weighted by atomic mass is 9.94. The van der Waals surface area contributed by atoms with Gasteiger partial charge in [0.05, 0.1) is 18.3 Å². The van der Waals surface area contributed by atoms with Gasteiger partial charge in [-0.3, -0.25) is 0 Å². The van der Waals surface area contributed by atoms with E-state index in [1.54, 1.807) is 24.5 Å². The van der Waals surface area contributed by atoms with E-state index in [9.17, 15) is 0 Å². The molecule has 2 heterocycles. The molecular weight excluding hydrogens is 240 g/mol. The molecule has 19 heavy (non-hydrogen) atoms. The number of oxazole rings is 1. The molecule has 0 aromatic carbocycles. The third-order valence-electron chi connectivity index (χ3n) is 2.63. The molecule has 0 unspecified atom stereocenters. The molecule has 0 spiro atoms. The first-order valence-corrected chi connectivity index (χ1v) is 6.05. The fourth-order valence-corrected chi connectivity index (χ4v) is 1.53. The van der Waals surface area contributed by atoms with Gasteiger partial charge in [0.25, 0.3) is 0 Å². The fraction of sp³-hybridized carbons (Fsp3) is 0.357. The summed E-state index contributed by atoms with van der Waals surface area (Å²) in [6.45, 7) is 6.60. The van der Waals surface area contributed by atoms with Crippen LogP contribution < -0.4 is 5.32 Å². The van der Waals surface area contributed by atoms with Gasteiger partial charge >= 0.3 is 0 Å². The maximum Gasteiger partial charge on any atom is 0.213 e. The SMILES string of the molecule is CC(C)(C)c1cnc(CNc2ncccc2C#N)o1. The van der Waals surface area contributed by atoms with Crippen LogP contribution >= 0.6 is 0 Å². The molecule has 5 heteroatoms. The zero-order valence-electron chi connectivity index (χ0n) is 11.3. The van der Waals surface area contributed by atoms with Crippen molar-refractivity contribution in [1.82, 2.24) is 9.97 Å². The molecule has 2 aromatic heterocycles. The van der Waals surface area contributed by atoms with Crippen LogP contribution in [0.1, 0.15) is 38.0 Å². The number of aromatic nitrogens is 2. The summed E-state index contributed by atoms with van der Waals surface area (Å²) in [5.74, 6) is 1.96. The molecule has 2 aromatic rings. The highest BCUT2D eigenvalue weighted by atomic mass is 16.4. The molecular formula is C14H16N4O. The second kappa shape index (κ2) is 5.11. The first kappa shape index (κ1) is 13.1. The quantitative estimate of drug-likeness (QED) is 0.913. The Labute approximate surface area is 112 Å². The predicted molar refractivity (Wildman–Crippen MR) is 71.5 cm³/mol. The van der Waals surface area contributed by atoms with Crippen molar-refractivity contribution in [3.63, 3.8) is 0 Å². The molecule has 0 aliphatic carbocycles. The molecule has 5 nitrogen and oxygen atoms in total. The van der Waals surface area contributed by atoms with Crippen LogP contribution in [0.4, 0.5) is 5.82 Å². The second-order valence-electron chi connectivity index (χ2n) is 5.23. The van der Waals surface area contributed by atoms with Gasteiger partial charge in [-0.1, -0.05) is 20.8 Å². The molecule has 0 aliphatic rings. The van der Waals surface area contributed by atoms with Crippen molar-refractivity contribution in [2.24, 2.45) is 0 Å². The first-order valence-electron chi connectivity index (χ1n) is 6.05. The van der Waals surface area contributed by atoms with E-state index in [1.165, 1.54) is 0 Å². The van der Waals surface area contributed by atoms with Crippen LogP contribution in [-0.4, -0.2) is 9.97 Å². The van der Waals surface area contributed by atoms with Crippen LogP contribution in [0, 0.1) is 11.3 Å². The first-order chi connectivity index (χ1) is 9.00. The molecule has 0 amide bonds. The van der Waals surface area contributed by atoms with Crippen LogP contribution in [0.2, 0.25) is 0 Å². The lowest BCUT2D eigenvalue weighted by molar-refractivity contribution is 0.385. The predicted octanol–water partition coefficient (Wildman–Crippen LogP) is 2.85. The summed E-state index contributed by atoms with van der Waals surface area (Å²) >= 11 is 0. The van der Waals surface area contributed by atoms with E-state index in [-0.39, 0.29) is 5.41 Å². The summed E-state index contributed by atoms with van der Waals surface area (Å²) in [5, 5.41) is 12.0. The minimum atomic E-state index is -0.0614. The van der Waals surface area contributed by atoms with Gasteiger partial charge in [0, 0.05) is 11.6 Å². The minimum absolute atomic E-state index is 0.0614. The van der Waals surface area contributed by atoms with Crippen molar-refractivity contribution < 1.29 is 4.42 Å². The van der Waals surface area contributed by atoms with Gasteiger partial charge in [0.1, 0.15) is 17.6 Å². The van der Waals surface area contributed by atoms with Crippen molar-refractivity contribution in [3.05, 3.63) is 41.7 Å². The Bertz CT molecular complexity index is 604. The van der Waals surface area contributed by atoms with Gasteiger partial charge in [0.15, 0.2) is 0 Å². The Balaban J connectivity index is 2.07. The standard InChI is InChI=1S/C14H16N4O/c1-14(2,3)11-8-17-12(19-11)9-18-13-10(7-15)5-4-6-16-13/h4-6,8H,9H2,1-3H3,(H,16,18). The molecule has 1 N–H and O–H groups in total. The largest absolute Gasteiger partial charge is 0.443 e. The van der Waals surface area contributed by atoms with Crippen LogP contribution in [0.15, 0.2) is 28.9 Å². The molecule has 0 bridgehead atoms. The maximum absolute atomic E-state index is 8.96. The van der Waals surface area contributed by atoms with Crippen LogP contribution in [0.25, 0.3) is 0 Å². The van der Waals surface area contributed by atoms with Crippen LogP contribution in [0.5, 0.6) is 0 Å². The molecule has 2 rings (SSSR count). The van der Waals surface area contributed by atoms with Crippen LogP contribution in [-0.2, 0) is 12.0 Å². The van der Waals surface area contributed by atoms with Crippen LogP contribution in [0.3, 0.4) is 0 Å². The zero-order chi connectivity index (χ0) is 13.9. The summed E-state index contributed by atoms with van der Waals surface area (Å²) < 4.78 is 5.66. The topological polar surface area (TPSA) is 74.7 Å². The van der Waals surface area contributed by atoms with E-state index in [1.807, 2.05) is 0 Å².